The molecule has 2 heterocycles. The van der Waals surface area contributed by atoms with Gasteiger partial charge in [0.2, 0.25) is 5.91 Å². The van der Waals surface area contributed by atoms with E-state index in [2.05, 4.69) is 15.6 Å². The summed E-state index contributed by atoms with van der Waals surface area (Å²) in [5.41, 5.74) is 8.66. The Morgan fingerprint density at radius 3 is 2.71 bits per heavy atom. The molecule has 4 rings (SSSR count). The Bertz CT molecular complexity index is 1100. The molecule has 1 saturated carbocycles. The molecule has 0 radical (unpaired) electrons. The summed E-state index contributed by atoms with van der Waals surface area (Å²) in [5.74, 6) is -0.00952. The number of nitrogen functional groups attached to an aromatic ring is 1. The van der Waals surface area contributed by atoms with E-state index in [-0.39, 0.29) is 41.1 Å². The number of nitrogens with zero attached hydrogens (tertiary/aromatic N) is 2. The molecule has 1 aliphatic heterocycles. The van der Waals surface area contributed by atoms with Gasteiger partial charge in [-0.3, -0.25) is 15.5 Å². The van der Waals surface area contributed by atoms with Crippen molar-refractivity contribution in [2.75, 3.05) is 18.1 Å². The van der Waals surface area contributed by atoms with Gasteiger partial charge in [-0.25, -0.2) is 14.2 Å². The molecule has 1 aliphatic carbocycles. The average Bonchev–Trinajstić information content (AvgIpc) is 3.52. The zero-order chi connectivity index (χ0) is 22.3. The van der Waals surface area contributed by atoms with Gasteiger partial charge in [0.1, 0.15) is 11.6 Å². The first kappa shape index (κ1) is 20.5. The molecule has 8 nitrogen and oxygen atoms in total. The van der Waals surface area contributed by atoms with Crippen molar-refractivity contribution in [3.05, 3.63) is 65.2 Å². The van der Waals surface area contributed by atoms with Crippen molar-refractivity contribution in [2.24, 2.45) is 11.8 Å². The average molecular weight is 422 g/mol. The second-order valence-corrected chi connectivity index (χ2v) is 7.89. The Balaban J connectivity index is 1.42. The first-order chi connectivity index (χ1) is 14.7. The highest BCUT2D eigenvalue weighted by molar-refractivity contribution is 6.15. The smallest absolute Gasteiger partial charge is 0.320 e. The molecule has 5 N–H and O–H groups in total. The highest BCUT2D eigenvalue weighted by Crippen LogP contribution is 2.49. The molecule has 2 aromatic rings. The van der Waals surface area contributed by atoms with Crippen LogP contribution in [0.5, 0.6) is 0 Å². The van der Waals surface area contributed by atoms with Gasteiger partial charge in [0, 0.05) is 42.7 Å². The molecule has 2 unspecified atom stereocenters. The van der Waals surface area contributed by atoms with Crippen LogP contribution in [0.3, 0.4) is 0 Å². The Hall–Kier alpha value is -3.75. The Labute approximate surface area is 178 Å². The lowest BCUT2D eigenvalue weighted by Crippen LogP contribution is -2.31. The molecule has 160 valence electrons. The minimum Gasteiger partial charge on any atom is -0.398 e. The number of fused-ring (bicyclic) bond motifs is 1. The van der Waals surface area contributed by atoms with Gasteiger partial charge in [-0.15, -0.1) is 0 Å². The van der Waals surface area contributed by atoms with Gasteiger partial charge in [0.05, 0.1) is 11.8 Å². The molecule has 3 atom stereocenters. The number of nitrogens with two attached hydrogens (primary N) is 1. The number of rotatable bonds is 5. The lowest BCUT2D eigenvalue weighted by molar-refractivity contribution is -0.129. The van der Waals surface area contributed by atoms with Gasteiger partial charge < -0.3 is 16.0 Å². The third-order valence-corrected chi connectivity index (χ3v) is 5.64. The summed E-state index contributed by atoms with van der Waals surface area (Å²) in [6, 6.07) is 6.55. The van der Waals surface area contributed by atoms with Gasteiger partial charge in [-0.1, -0.05) is 12.1 Å². The van der Waals surface area contributed by atoms with Crippen LogP contribution in [0.4, 0.5) is 20.7 Å². The number of hydrogen-bond donors (Lipinski definition) is 4. The maximum absolute atomic E-state index is 13.1. The molecule has 0 spiro atoms. The number of halogens is 1. The third-order valence-electron chi connectivity index (χ3n) is 5.64. The number of hydrogen-bond acceptors (Lipinski definition) is 5. The molecule has 31 heavy (non-hydrogen) atoms. The van der Waals surface area contributed by atoms with E-state index in [1.54, 1.807) is 32.3 Å². The molecule has 9 heteroatoms. The van der Waals surface area contributed by atoms with Crippen LogP contribution in [0, 0.1) is 23.1 Å². The van der Waals surface area contributed by atoms with Crippen molar-refractivity contribution in [3.8, 4) is 0 Å². The van der Waals surface area contributed by atoms with E-state index >= 15 is 0 Å². The number of urea groups is 1. The second kappa shape index (κ2) is 7.82. The summed E-state index contributed by atoms with van der Waals surface area (Å²) < 4.78 is 13.1. The molecule has 1 fully saturated rings. The maximum Gasteiger partial charge on any atom is 0.320 e. The van der Waals surface area contributed by atoms with E-state index in [1.807, 2.05) is 0 Å². The van der Waals surface area contributed by atoms with Crippen molar-refractivity contribution >= 4 is 29.2 Å². The number of benzene rings is 1. The van der Waals surface area contributed by atoms with Gasteiger partial charge in [0.25, 0.3) is 0 Å². The fourth-order valence-electron chi connectivity index (χ4n) is 3.78. The Kier molecular flexibility index (Phi) is 5.18. The zero-order valence-electron chi connectivity index (χ0n) is 17.1. The summed E-state index contributed by atoms with van der Waals surface area (Å²) >= 11 is 0. The normalized spacial score (nSPS) is 20.4. The summed E-state index contributed by atoms with van der Waals surface area (Å²) in [6.07, 6.45) is 3.89. The predicted octanol–water partition coefficient (Wildman–Crippen LogP) is 3.05. The second-order valence-electron chi connectivity index (χ2n) is 7.89. The number of carbonyl (C=O) groups excluding carboxylic acids is 2. The van der Waals surface area contributed by atoms with E-state index < -0.39 is 6.03 Å². The molecular weight excluding hydrogens is 399 g/mol. The van der Waals surface area contributed by atoms with E-state index in [0.717, 1.165) is 17.6 Å². The van der Waals surface area contributed by atoms with E-state index in [4.69, 9.17) is 11.1 Å². The van der Waals surface area contributed by atoms with Crippen LogP contribution in [0.1, 0.15) is 30.5 Å². The summed E-state index contributed by atoms with van der Waals surface area (Å²) in [5, 5.41) is 13.9. The van der Waals surface area contributed by atoms with Crippen LogP contribution in [-0.4, -0.2) is 34.6 Å². The topological polar surface area (TPSA) is 124 Å². The van der Waals surface area contributed by atoms with Gasteiger partial charge in [0.15, 0.2) is 0 Å². The molecule has 0 bridgehead atoms. The molecular formula is C22H23FN6O2. The maximum atomic E-state index is 13.1. The SMILES string of the molecule is C[C@@H](NC(=O)Nc1cc(N)c(C(=N)C2=CN(C)C(=O)C3CC23)cn1)c1ccc(F)cc1. The number of amides is 3. The fourth-order valence-corrected chi connectivity index (χ4v) is 3.78. The van der Waals surface area contributed by atoms with Crippen LogP contribution in [0.2, 0.25) is 0 Å². The van der Waals surface area contributed by atoms with Crippen LogP contribution in [0.15, 0.2) is 48.3 Å². The monoisotopic (exact) mass is 422 g/mol. The minimum absolute atomic E-state index is 0.0488. The third kappa shape index (κ3) is 4.11. The Morgan fingerprint density at radius 1 is 1.32 bits per heavy atom. The van der Waals surface area contributed by atoms with E-state index in [9.17, 15) is 14.0 Å². The van der Waals surface area contributed by atoms with Crippen molar-refractivity contribution < 1.29 is 14.0 Å². The quantitative estimate of drug-likeness (QED) is 0.553. The number of pyridine rings is 1. The van der Waals surface area contributed by atoms with Crippen LogP contribution < -0.4 is 16.4 Å². The first-order valence-electron chi connectivity index (χ1n) is 9.90. The Morgan fingerprint density at radius 2 is 2.03 bits per heavy atom. The largest absolute Gasteiger partial charge is 0.398 e. The number of carbonyl (C=O) groups is 2. The number of aromatic nitrogens is 1. The summed E-state index contributed by atoms with van der Waals surface area (Å²) in [4.78, 5) is 30.0. The fraction of sp³-hybridized carbons (Fsp3) is 0.273. The summed E-state index contributed by atoms with van der Waals surface area (Å²) in [7, 11) is 1.68. The van der Waals surface area contributed by atoms with Crippen molar-refractivity contribution in [1.29, 1.82) is 5.41 Å². The highest BCUT2D eigenvalue weighted by atomic mass is 19.1. The van der Waals surface area contributed by atoms with Crippen molar-refractivity contribution in [1.82, 2.24) is 15.2 Å². The van der Waals surface area contributed by atoms with Crippen molar-refractivity contribution in [3.63, 3.8) is 0 Å². The molecule has 3 amide bonds. The van der Waals surface area contributed by atoms with Gasteiger partial charge in [-0.05, 0) is 42.5 Å². The number of allylic oxidation sites excluding steroid dienone is 1. The summed E-state index contributed by atoms with van der Waals surface area (Å²) in [6.45, 7) is 1.78. The van der Waals surface area contributed by atoms with Crippen LogP contribution in [0.25, 0.3) is 0 Å². The zero-order valence-corrected chi connectivity index (χ0v) is 17.1. The molecule has 1 aromatic carbocycles. The lowest BCUT2D eigenvalue weighted by Gasteiger charge is -2.21. The van der Waals surface area contributed by atoms with Crippen molar-refractivity contribution in [2.45, 2.75) is 19.4 Å². The lowest BCUT2D eigenvalue weighted by atomic mass is 9.96. The highest BCUT2D eigenvalue weighted by Gasteiger charge is 2.50. The standard InChI is InChI=1S/C22H23FN6O2/c1-11(12-3-5-13(23)6-4-12)27-22(31)28-19-8-18(24)16(9-26-19)20(25)17-10-29(2)21(30)15-7-14(15)17/h3-6,8-11,14-15,25H,7H2,1-2H3,(H4,24,26,27,28,31)/t11-,14?,15?/m1/s1. The van der Waals surface area contributed by atoms with Crippen LogP contribution >= 0.6 is 0 Å². The predicted molar refractivity (Wildman–Crippen MR) is 115 cm³/mol. The first-order valence-corrected chi connectivity index (χ1v) is 9.90. The molecule has 2 aliphatic rings. The number of nitrogens with one attached hydrogen (secondary N) is 3. The van der Waals surface area contributed by atoms with Crippen LogP contribution in [-0.2, 0) is 4.79 Å². The molecule has 1 aromatic heterocycles. The number of anilines is 2. The molecule has 0 saturated heterocycles. The van der Waals surface area contributed by atoms with Gasteiger partial charge >= 0.3 is 6.03 Å². The van der Waals surface area contributed by atoms with E-state index in [1.165, 1.54) is 29.3 Å². The van der Waals surface area contributed by atoms with Gasteiger partial charge in [-0.2, -0.15) is 0 Å². The minimum atomic E-state index is -0.484. The van der Waals surface area contributed by atoms with E-state index in [0.29, 0.717) is 11.3 Å².